The molecule has 0 aliphatic rings. The van der Waals surface area contributed by atoms with Gasteiger partial charge in [0.05, 0.1) is 0 Å². The quantitative estimate of drug-likeness (QED) is 0.392. The molecular formula is C16H32BrNO. The summed E-state index contributed by atoms with van der Waals surface area (Å²) in [6.07, 6.45) is 10.3. The Morgan fingerprint density at radius 3 is 2.11 bits per heavy atom. The van der Waals surface area contributed by atoms with Gasteiger partial charge in [-0.05, 0) is 24.7 Å². The number of halogens is 1. The molecule has 2 nitrogen and oxygen atoms in total. The van der Waals surface area contributed by atoms with Gasteiger partial charge < -0.3 is 5.32 Å². The zero-order chi connectivity index (χ0) is 14.6. The predicted molar refractivity (Wildman–Crippen MR) is 87.8 cm³/mol. The average Bonchev–Trinajstić information content (AvgIpc) is 2.45. The molecule has 0 unspecified atom stereocenters. The van der Waals surface area contributed by atoms with Crippen LogP contribution in [0.1, 0.15) is 78.6 Å². The van der Waals surface area contributed by atoms with E-state index in [0.29, 0.717) is 6.42 Å². The summed E-state index contributed by atoms with van der Waals surface area (Å²) in [7, 11) is 0. The van der Waals surface area contributed by atoms with E-state index >= 15 is 0 Å². The number of nitrogens with one attached hydrogen (secondary N) is 1. The van der Waals surface area contributed by atoms with Crippen molar-refractivity contribution >= 4 is 21.8 Å². The lowest BCUT2D eigenvalue weighted by molar-refractivity contribution is -0.121. The lowest BCUT2D eigenvalue weighted by Gasteiger charge is -2.29. The normalized spacial score (nSPS) is 11.6. The second-order valence-electron chi connectivity index (χ2n) is 5.64. The van der Waals surface area contributed by atoms with Crippen molar-refractivity contribution in [3.8, 4) is 0 Å². The van der Waals surface area contributed by atoms with Gasteiger partial charge in [-0.1, -0.05) is 68.8 Å². The Balaban J connectivity index is 3.69. The van der Waals surface area contributed by atoms with Crippen molar-refractivity contribution in [1.82, 2.24) is 5.32 Å². The van der Waals surface area contributed by atoms with Crippen LogP contribution in [0.4, 0.5) is 0 Å². The Morgan fingerprint density at radius 1 is 1.00 bits per heavy atom. The summed E-state index contributed by atoms with van der Waals surface area (Å²) in [5, 5.41) is 4.07. The van der Waals surface area contributed by atoms with E-state index in [1.807, 2.05) is 0 Å². The molecule has 1 amide bonds. The molecule has 0 aliphatic heterocycles. The molecule has 0 atom stereocenters. The number of carbonyl (C=O) groups is 1. The molecule has 0 spiro atoms. The van der Waals surface area contributed by atoms with Gasteiger partial charge >= 0.3 is 0 Å². The molecule has 114 valence electrons. The van der Waals surface area contributed by atoms with Crippen molar-refractivity contribution in [3.05, 3.63) is 0 Å². The second-order valence-corrected chi connectivity index (χ2v) is 6.20. The SMILES string of the molecule is CCCCCCCCC(=O)NCC(CC)(CC)CBr. The molecule has 0 saturated carbocycles. The molecule has 0 radical (unpaired) electrons. The highest BCUT2D eigenvalue weighted by molar-refractivity contribution is 9.09. The summed E-state index contributed by atoms with van der Waals surface area (Å²) in [6.45, 7) is 7.43. The van der Waals surface area contributed by atoms with Crippen LogP contribution in [0.15, 0.2) is 0 Å². The Kier molecular flexibility index (Phi) is 11.7. The standard InChI is InChI=1S/C16H32BrNO/c1-4-7-8-9-10-11-12-15(19)18-14-16(5-2,6-3)13-17/h4-14H2,1-3H3,(H,18,19). The Hall–Kier alpha value is -0.0500. The minimum Gasteiger partial charge on any atom is -0.356 e. The highest BCUT2D eigenvalue weighted by Gasteiger charge is 2.25. The molecule has 0 heterocycles. The largest absolute Gasteiger partial charge is 0.356 e. The topological polar surface area (TPSA) is 29.1 Å². The maximum Gasteiger partial charge on any atom is 0.220 e. The summed E-state index contributed by atoms with van der Waals surface area (Å²) in [4.78, 5) is 11.8. The molecule has 0 aliphatic carbocycles. The molecule has 1 N–H and O–H groups in total. The predicted octanol–water partition coefficient (Wildman–Crippen LogP) is 5.05. The zero-order valence-corrected chi connectivity index (χ0v) is 14.7. The van der Waals surface area contributed by atoms with Crippen LogP contribution in [-0.2, 0) is 4.79 Å². The van der Waals surface area contributed by atoms with Crippen LogP contribution in [0.5, 0.6) is 0 Å². The highest BCUT2D eigenvalue weighted by atomic mass is 79.9. The molecule has 3 heteroatoms. The molecule has 0 fully saturated rings. The fourth-order valence-corrected chi connectivity index (χ4v) is 3.17. The summed E-state index contributed by atoms with van der Waals surface area (Å²) < 4.78 is 0. The minimum absolute atomic E-state index is 0.225. The minimum atomic E-state index is 0.225. The number of hydrogen-bond acceptors (Lipinski definition) is 1. The first-order valence-corrected chi connectivity index (χ1v) is 9.09. The Bertz CT molecular complexity index is 219. The van der Waals surface area contributed by atoms with Gasteiger partial charge in [0, 0.05) is 18.3 Å². The highest BCUT2D eigenvalue weighted by Crippen LogP contribution is 2.27. The van der Waals surface area contributed by atoms with Gasteiger partial charge in [-0.3, -0.25) is 4.79 Å². The van der Waals surface area contributed by atoms with Gasteiger partial charge in [0.1, 0.15) is 0 Å². The number of unbranched alkanes of at least 4 members (excludes halogenated alkanes) is 5. The van der Waals surface area contributed by atoms with Crippen molar-refractivity contribution in [2.24, 2.45) is 5.41 Å². The first kappa shape index (κ1) is 18.9. The van der Waals surface area contributed by atoms with Crippen molar-refractivity contribution in [1.29, 1.82) is 0 Å². The molecule has 0 bridgehead atoms. The monoisotopic (exact) mass is 333 g/mol. The van der Waals surface area contributed by atoms with Gasteiger partial charge in [-0.15, -0.1) is 0 Å². The van der Waals surface area contributed by atoms with Crippen LogP contribution < -0.4 is 5.32 Å². The van der Waals surface area contributed by atoms with Crippen molar-refractivity contribution < 1.29 is 4.79 Å². The van der Waals surface area contributed by atoms with Crippen LogP contribution in [-0.4, -0.2) is 17.8 Å². The van der Waals surface area contributed by atoms with Gasteiger partial charge in [0.15, 0.2) is 0 Å². The first-order chi connectivity index (χ1) is 9.14. The van der Waals surface area contributed by atoms with E-state index in [4.69, 9.17) is 0 Å². The fraction of sp³-hybridized carbons (Fsp3) is 0.938. The third-order valence-electron chi connectivity index (χ3n) is 4.20. The molecule has 0 aromatic heterocycles. The summed E-state index contributed by atoms with van der Waals surface area (Å²) >= 11 is 3.58. The van der Waals surface area contributed by atoms with E-state index in [-0.39, 0.29) is 11.3 Å². The van der Waals surface area contributed by atoms with Crippen LogP contribution in [0.2, 0.25) is 0 Å². The number of hydrogen-bond donors (Lipinski definition) is 1. The van der Waals surface area contributed by atoms with E-state index in [1.54, 1.807) is 0 Å². The molecule has 0 aromatic carbocycles. The van der Waals surface area contributed by atoms with E-state index in [0.717, 1.165) is 31.1 Å². The van der Waals surface area contributed by atoms with E-state index in [9.17, 15) is 4.79 Å². The first-order valence-electron chi connectivity index (χ1n) is 7.96. The van der Waals surface area contributed by atoms with E-state index in [1.165, 1.54) is 32.1 Å². The maximum atomic E-state index is 11.8. The lowest BCUT2D eigenvalue weighted by Crippen LogP contribution is -2.38. The van der Waals surface area contributed by atoms with E-state index in [2.05, 4.69) is 42.0 Å². The molecule has 0 aromatic rings. The Labute approximate surface area is 128 Å². The third-order valence-corrected chi connectivity index (χ3v) is 5.39. The Morgan fingerprint density at radius 2 is 1.58 bits per heavy atom. The second kappa shape index (κ2) is 11.7. The summed E-state index contributed by atoms with van der Waals surface area (Å²) in [5.41, 5.74) is 0.233. The molecule has 0 saturated heterocycles. The van der Waals surface area contributed by atoms with Crippen molar-refractivity contribution in [3.63, 3.8) is 0 Å². The molecular weight excluding hydrogens is 302 g/mol. The van der Waals surface area contributed by atoms with Crippen molar-refractivity contribution in [2.45, 2.75) is 78.6 Å². The molecule has 0 rings (SSSR count). The van der Waals surface area contributed by atoms with Crippen LogP contribution in [0, 0.1) is 5.41 Å². The number of amides is 1. The van der Waals surface area contributed by atoms with Gasteiger partial charge in [0.25, 0.3) is 0 Å². The summed E-state index contributed by atoms with van der Waals surface area (Å²) in [5.74, 6) is 0.225. The van der Waals surface area contributed by atoms with Gasteiger partial charge in [0.2, 0.25) is 5.91 Å². The van der Waals surface area contributed by atoms with Crippen molar-refractivity contribution in [2.75, 3.05) is 11.9 Å². The van der Waals surface area contributed by atoms with Gasteiger partial charge in [-0.25, -0.2) is 0 Å². The number of alkyl halides is 1. The van der Waals surface area contributed by atoms with Crippen LogP contribution in [0.3, 0.4) is 0 Å². The zero-order valence-electron chi connectivity index (χ0n) is 13.1. The lowest BCUT2D eigenvalue weighted by atomic mass is 9.84. The fourth-order valence-electron chi connectivity index (χ4n) is 2.18. The van der Waals surface area contributed by atoms with E-state index < -0.39 is 0 Å². The number of carbonyl (C=O) groups excluding carboxylic acids is 1. The van der Waals surface area contributed by atoms with Gasteiger partial charge in [-0.2, -0.15) is 0 Å². The van der Waals surface area contributed by atoms with Crippen LogP contribution >= 0.6 is 15.9 Å². The smallest absolute Gasteiger partial charge is 0.220 e. The third kappa shape index (κ3) is 8.67. The molecule has 19 heavy (non-hydrogen) atoms. The average molecular weight is 334 g/mol. The number of rotatable bonds is 12. The van der Waals surface area contributed by atoms with Crippen LogP contribution in [0.25, 0.3) is 0 Å². The maximum absolute atomic E-state index is 11.8. The summed E-state index contributed by atoms with van der Waals surface area (Å²) in [6, 6.07) is 0.